The highest BCUT2D eigenvalue weighted by Gasteiger charge is 2.67. The number of hydrogen-bond acceptors (Lipinski definition) is 14. The molecule has 0 aromatic heterocycles. The lowest BCUT2D eigenvalue weighted by Gasteiger charge is -2.65. The Bertz CT molecular complexity index is 2280. The van der Waals surface area contributed by atoms with Crippen LogP contribution in [0.5, 0.6) is 0 Å². The van der Waals surface area contributed by atoms with Gasteiger partial charge in [-0.25, -0.2) is 0 Å². The zero-order valence-electron chi connectivity index (χ0n) is 64.9. The van der Waals surface area contributed by atoms with Gasteiger partial charge < -0.3 is 45.5 Å². The first kappa shape index (κ1) is 87.1. The molecule has 0 heterocycles. The van der Waals surface area contributed by atoms with Gasteiger partial charge in [-0.15, -0.1) is 0 Å². The highest BCUT2D eigenvalue weighted by Crippen LogP contribution is 2.69. The van der Waals surface area contributed by atoms with Gasteiger partial charge in [0.25, 0.3) is 0 Å². The van der Waals surface area contributed by atoms with Crippen LogP contribution in [0.4, 0.5) is 0 Å². The molecule has 4 fully saturated rings. The molecule has 0 aromatic carbocycles. The van der Waals surface area contributed by atoms with Gasteiger partial charge in [-0.2, -0.15) is 0 Å². The molecule has 2 amide bonds. The molecule has 5 N–H and O–H groups in total. The van der Waals surface area contributed by atoms with E-state index in [1.54, 1.807) is 41.5 Å². The summed E-state index contributed by atoms with van der Waals surface area (Å²) in [5.41, 5.74) is 0.521. The fourth-order valence-electron chi connectivity index (χ4n) is 16.0. The molecule has 0 aliphatic heterocycles. The summed E-state index contributed by atoms with van der Waals surface area (Å²) in [6, 6.07) is -1.12. The molecule has 16 heteroatoms. The number of hydrogen-bond donors (Lipinski definition) is 5. The predicted molar refractivity (Wildman–Crippen MR) is 384 cm³/mol. The summed E-state index contributed by atoms with van der Waals surface area (Å²) in [5, 5.41) is 15.5. The molecule has 14 unspecified atom stereocenters. The minimum Gasteiger partial charge on any atom is -0.379 e. The van der Waals surface area contributed by atoms with Crippen molar-refractivity contribution in [2.75, 3.05) is 13.2 Å². The van der Waals surface area contributed by atoms with E-state index in [9.17, 15) is 33.6 Å². The van der Waals surface area contributed by atoms with E-state index in [1.165, 1.54) is 44.9 Å². The molecular weight excluding hydrogens is 1180 g/mol. The fraction of sp³-hybridized carbons (Fsp3) is 0.910. The van der Waals surface area contributed by atoms with E-state index in [-0.39, 0.29) is 127 Å². The Morgan fingerprint density at radius 3 is 1.35 bits per heavy atom. The molecule has 4 aliphatic carbocycles. The number of rotatable bonds is 39. The van der Waals surface area contributed by atoms with Gasteiger partial charge in [0.2, 0.25) is 11.8 Å². The second kappa shape index (κ2) is 41.5. The van der Waals surface area contributed by atoms with Gasteiger partial charge in [0.15, 0.2) is 23.1 Å². The summed E-state index contributed by atoms with van der Waals surface area (Å²) in [7, 11) is 0. The van der Waals surface area contributed by atoms with Gasteiger partial charge in [-0.3, -0.25) is 33.6 Å². The fourth-order valence-corrected chi connectivity index (χ4v) is 16.0. The lowest BCUT2D eigenvalue weighted by Crippen LogP contribution is -2.63. The number of ketones is 5. The molecule has 16 nitrogen and oxygen atoms in total. The zero-order valence-corrected chi connectivity index (χ0v) is 64.9. The van der Waals surface area contributed by atoms with Gasteiger partial charge in [0.1, 0.15) is 5.78 Å². The second-order valence-electron chi connectivity index (χ2n) is 33.1. The number of amides is 2. The Balaban J connectivity index is 0.000000516. The molecule has 4 saturated carbocycles. The van der Waals surface area contributed by atoms with Crippen LogP contribution in [0.25, 0.3) is 0 Å². The third kappa shape index (κ3) is 28.0. The van der Waals surface area contributed by atoms with Crippen LogP contribution in [0.3, 0.4) is 0 Å². The van der Waals surface area contributed by atoms with E-state index >= 15 is 0 Å². The van der Waals surface area contributed by atoms with Crippen molar-refractivity contribution in [3.8, 4) is 0 Å². The molecule has 4 aliphatic rings. The lowest BCUT2D eigenvalue weighted by molar-refractivity contribution is -0.238. The Labute approximate surface area is 574 Å². The molecule has 0 radical (unpaired) electrons. The number of fused-ring (bicyclic) bond motifs is 5. The predicted octanol–water partition coefficient (Wildman–Crippen LogP) is 14.2. The van der Waals surface area contributed by atoms with Crippen molar-refractivity contribution in [3.63, 3.8) is 0 Å². The number of nitrogens with one attached hydrogen (secondary N) is 5. The van der Waals surface area contributed by atoms with Crippen LogP contribution in [0.1, 0.15) is 283 Å². The average Bonchev–Trinajstić information content (AvgIpc) is 1.32. The molecule has 0 bridgehead atoms. The average molecular weight is 1330 g/mol. The maximum absolute atomic E-state index is 12.8. The SMILES string of the molecule is CC(C)NC(CCC(=O)NC(CCC(=O)NC(CCC(=O)C(C)C)C(=O)C(C)C)C(=O)C(C)C)C(=O)C(C)C.CC(C)NCCCC(NC(C)C)C(=O)C(C)C.CC(C)OC[C@@H](C)C1CCC2C3C(OC(C)C)CC4CC(OC(C)C)CCC4(C)C3CC(OC(C)C)C21C. The normalized spacial score (nSPS) is 26.1. The Morgan fingerprint density at radius 2 is 0.915 bits per heavy atom. The van der Waals surface area contributed by atoms with Crippen LogP contribution in [0.2, 0.25) is 0 Å². The highest BCUT2D eigenvalue weighted by molar-refractivity contribution is 5.93. The van der Waals surface area contributed by atoms with Crippen molar-refractivity contribution in [1.29, 1.82) is 0 Å². The topological polar surface area (TPSA) is 217 Å². The first-order valence-electron chi connectivity index (χ1n) is 37.7. The molecule has 94 heavy (non-hydrogen) atoms. The monoisotopic (exact) mass is 1330 g/mol. The van der Waals surface area contributed by atoms with Gasteiger partial charge in [-0.05, 0) is 180 Å². The molecule has 0 saturated heterocycles. The van der Waals surface area contributed by atoms with E-state index in [1.807, 2.05) is 41.5 Å². The van der Waals surface area contributed by atoms with Crippen molar-refractivity contribution < 1.29 is 52.5 Å². The molecule has 4 rings (SSSR count). The molecular formula is C78H145N5O11. The highest BCUT2D eigenvalue weighted by atomic mass is 16.5. The van der Waals surface area contributed by atoms with Gasteiger partial charge in [0.05, 0.1) is 66.9 Å². The van der Waals surface area contributed by atoms with Crippen LogP contribution in [-0.4, -0.2) is 139 Å². The van der Waals surface area contributed by atoms with Gasteiger partial charge in [0, 0.05) is 79.0 Å². The Morgan fingerprint density at radius 1 is 0.457 bits per heavy atom. The van der Waals surface area contributed by atoms with Gasteiger partial charge >= 0.3 is 0 Å². The quantitative estimate of drug-likeness (QED) is 0.0362. The zero-order chi connectivity index (χ0) is 71.9. The first-order valence-corrected chi connectivity index (χ1v) is 37.7. The Kier molecular flexibility index (Phi) is 38.5. The summed E-state index contributed by atoms with van der Waals surface area (Å²) in [4.78, 5) is 87.7. The largest absolute Gasteiger partial charge is 0.379 e. The van der Waals surface area contributed by atoms with Crippen LogP contribution in [0, 0.1) is 75.9 Å². The van der Waals surface area contributed by atoms with Crippen molar-refractivity contribution in [1.82, 2.24) is 26.6 Å². The molecule has 548 valence electrons. The van der Waals surface area contributed by atoms with Crippen molar-refractivity contribution in [2.45, 2.75) is 368 Å². The second-order valence-corrected chi connectivity index (χ2v) is 33.1. The van der Waals surface area contributed by atoms with E-state index in [0.717, 1.165) is 26.0 Å². The van der Waals surface area contributed by atoms with Crippen molar-refractivity contribution in [2.24, 2.45) is 75.9 Å². The van der Waals surface area contributed by atoms with Crippen molar-refractivity contribution in [3.05, 3.63) is 0 Å². The Hall–Kier alpha value is -2.99. The molecule has 15 atom stereocenters. The summed E-state index contributed by atoms with van der Waals surface area (Å²) in [5.74, 6) is 2.20. The standard InChI is InChI=1S/C34H62O4.C30H53N3O6.C14H30N2O/c1-20(2)35-19-24(9)27-12-13-28-32-29(18-31(34(27,28)11)38-23(7)8)33(10)15-14-26(36-21(3)4)16-25(33)17-30(32)37-22(5)6;1-17(2)25(34)14-11-23(29(38)19(5)6)32-27(36)16-13-24(30(39)20(7)8)33-26(35)15-12-22(31-21(9)10)28(37)18(3)4;1-10(2)14(17)13(16-12(5)6)8-7-9-15-11(3)4/h20-32H,12-19H2,1-11H3;17-24,31H,11-16H2,1-10H3,(H,32,36)(H,33,35);10-13,15-16H,7-9H2,1-6H3/t24-,25?,26?,27?,28?,29?,30?,31?,32?,33?,34?;;/m1../s1. The van der Waals surface area contributed by atoms with E-state index in [2.05, 4.69) is 130 Å². The smallest absolute Gasteiger partial charge is 0.220 e. The first-order chi connectivity index (χ1) is 43.6. The summed E-state index contributed by atoms with van der Waals surface area (Å²) in [6.07, 6.45) is 13.6. The third-order valence-electron chi connectivity index (χ3n) is 20.7. The number of Topliss-reactive ketones (excluding diaryl/α,β-unsaturated/α-hetero) is 5. The van der Waals surface area contributed by atoms with Crippen LogP contribution >= 0.6 is 0 Å². The van der Waals surface area contributed by atoms with E-state index in [0.29, 0.717) is 89.6 Å². The van der Waals surface area contributed by atoms with Crippen molar-refractivity contribution >= 4 is 40.7 Å². The lowest BCUT2D eigenvalue weighted by atomic mass is 9.43. The number of carbonyl (C=O) groups is 7. The summed E-state index contributed by atoms with van der Waals surface area (Å²) in [6.45, 7) is 57.7. The van der Waals surface area contributed by atoms with Crippen LogP contribution in [0.15, 0.2) is 0 Å². The summed E-state index contributed by atoms with van der Waals surface area (Å²) >= 11 is 0. The van der Waals surface area contributed by atoms with Crippen LogP contribution < -0.4 is 26.6 Å². The third-order valence-corrected chi connectivity index (χ3v) is 20.7. The van der Waals surface area contributed by atoms with E-state index < -0.39 is 24.0 Å². The van der Waals surface area contributed by atoms with Crippen LogP contribution in [-0.2, 0) is 52.5 Å². The maximum atomic E-state index is 12.8. The molecule has 0 spiro atoms. The number of ether oxygens (including phenoxy) is 4. The minimum absolute atomic E-state index is 0.0176. The molecule has 0 aromatic rings. The van der Waals surface area contributed by atoms with Gasteiger partial charge in [-0.1, -0.05) is 132 Å². The minimum atomic E-state index is -0.859. The van der Waals surface area contributed by atoms with E-state index in [4.69, 9.17) is 18.9 Å². The number of carbonyl (C=O) groups excluding carboxylic acids is 7. The summed E-state index contributed by atoms with van der Waals surface area (Å²) < 4.78 is 26.5. The maximum Gasteiger partial charge on any atom is 0.220 e.